The Kier molecular flexibility index (Phi) is 5.66. The topological polar surface area (TPSA) is 79.3 Å². The van der Waals surface area contributed by atoms with E-state index >= 15 is 0 Å². The molecule has 2 N–H and O–H groups in total. The second-order valence-electron chi connectivity index (χ2n) is 6.07. The lowest BCUT2D eigenvalue weighted by Crippen LogP contribution is -2.46. The number of imidazole rings is 1. The van der Waals surface area contributed by atoms with Gasteiger partial charge in [0, 0.05) is 37.7 Å². The summed E-state index contributed by atoms with van der Waals surface area (Å²) in [5.41, 5.74) is 0.872. The maximum absolute atomic E-state index is 12.4. The van der Waals surface area contributed by atoms with Crippen molar-refractivity contribution in [3.8, 4) is 0 Å². The molecule has 7 heteroatoms. The zero-order chi connectivity index (χ0) is 17.5. The molecule has 25 heavy (non-hydrogen) atoms. The largest absolute Gasteiger partial charge is 0.338 e. The fraction of sp³-hybridized carbons (Fsp3) is 0.389. The number of anilines is 1. The lowest BCUT2D eigenvalue weighted by Gasteiger charge is -2.17. The highest BCUT2D eigenvalue weighted by Gasteiger charge is 2.33. The van der Waals surface area contributed by atoms with Gasteiger partial charge in [-0.1, -0.05) is 18.2 Å². The van der Waals surface area contributed by atoms with Crippen LogP contribution in [0.25, 0.3) is 0 Å². The molecule has 2 aromatic rings. The van der Waals surface area contributed by atoms with Crippen molar-refractivity contribution in [1.82, 2.24) is 20.2 Å². The molecule has 1 saturated heterocycles. The van der Waals surface area contributed by atoms with Gasteiger partial charge < -0.3 is 20.1 Å². The molecule has 132 valence electrons. The molecule has 1 fully saturated rings. The Morgan fingerprint density at radius 3 is 2.84 bits per heavy atom. The second-order valence-corrected chi connectivity index (χ2v) is 6.07. The first-order chi connectivity index (χ1) is 12.2. The monoisotopic (exact) mass is 341 g/mol. The zero-order valence-corrected chi connectivity index (χ0v) is 14.1. The summed E-state index contributed by atoms with van der Waals surface area (Å²) in [7, 11) is 0. The fourth-order valence-electron chi connectivity index (χ4n) is 2.93. The van der Waals surface area contributed by atoms with Gasteiger partial charge in [0.05, 0.1) is 6.33 Å². The van der Waals surface area contributed by atoms with Crippen molar-refractivity contribution in [2.45, 2.75) is 31.8 Å². The van der Waals surface area contributed by atoms with Gasteiger partial charge in [0.2, 0.25) is 5.91 Å². The van der Waals surface area contributed by atoms with E-state index in [2.05, 4.69) is 15.6 Å². The van der Waals surface area contributed by atoms with Crippen LogP contribution in [0.2, 0.25) is 0 Å². The Hall–Kier alpha value is -2.83. The number of nitrogens with zero attached hydrogens (tertiary/aromatic N) is 3. The first kappa shape index (κ1) is 17.0. The third-order valence-corrected chi connectivity index (χ3v) is 4.27. The smallest absolute Gasteiger partial charge is 0.315 e. The Bertz CT molecular complexity index is 687. The lowest BCUT2D eigenvalue weighted by molar-refractivity contribution is -0.118. The van der Waals surface area contributed by atoms with E-state index in [4.69, 9.17) is 0 Å². The van der Waals surface area contributed by atoms with E-state index in [9.17, 15) is 9.59 Å². The maximum atomic E-state index is 12.4. The van der Waals surface area contributed by atoms with Crippen molar-refractivity contribution in [3.63, 3.8) is 0 Å². The van der Waals surface area contributed by atoms with Gasteiger partial charge in [-0.25, -0.2) is 9.78 Å². The molecule has 0 radical (unpaired) electrons. The first-order valence-electron chi connectivity index (χ1n) is 8.60. The van der Waals surface area contributed by atoms with E-state index in [0.717, 1.165) is 25.1 Å². The summed E-state index contributed by atoms with van der Waals surface area (Å²) >= 11 is 0. The summed E-state index contributed by atoms with van der Waals surface area (Å²) in [6.07, 6.45) is 7.92. The molecule has 0 spiro atoms. The van der Waals surface area contributed by atoms with Crippen LogP contribution >= 0.6 is 0 Å². The number of unbranched alkanes of at least 4 members (excludes halogenated alkanes) is 1. The van der Waals surface area contributed by atoms with Crippen LogP contribution < -0.4 is 15.5 Å². The molecule has 0 bridgehead atoms. The van der Waals surface area contributed by atoms with Crippen molar-refractivity contribution in [1.29, 1.82) is 0 Å². The number of carbonyl (C=O) groups excluding carboxylic acids is 2. The van der Waals surface area contributed by atoms with Gasteiger partial charge in [-0.2, -0.15) is 0 Å². The van der Waals surface area contributed by atoms with Gasteiger partial charge in [-0.15, -0.1) is 0 Å². The van der Waals surface area contributed by atoms with Crippen molar-refractivity contribution < 1.29 is 9.59 Å². The van der Waals surface area contributed by atoms with Gasteiger partial charge >= 0.3 is 6.03 Å². The van der Waals surface area contributed by atoms with Crippen molar-refractivity contribution in [2.75, 3.05) is 18.0 Å². The molecule has 0 saturated carbocycles. The van der Waals surface area contributed by atoms with E-state index in [1.165, 1.54) is 0 Å². The summed E-state index contributed by atoms with van der Waals surface area (Å²) in [6.45, 7) is 2.10. The van der Waals surface area contributed by atoms with Crippen molar-refractivity contribution in [2.24, 2.45) is 0 Å². The molecule has 3 amide bonds. The van der Waals surface area contributed by atoms with Crippen molar-refractivity contribution >= 4 is 17.6 Å². The minimum absolute atomic E-state index is 0.0542. The maximum Gasteiger partial charge on any atom is 0.315 e. The highest BCUT2D eigenvalue weighted by molar-refractivity contribution is 6.01. The Morgan fingerprint density at radius 2 is 2.08 bits per heavy atom. The first-order valence-corrected chi connectivity index (χ1v) is 8.60. The van der Waals surface area contributed by atoms with Crippen LogP contribution in [-0.4, -0.2) is 40.6 Å². The summed E-state index contributed by atoms with van der Waals surface area (Å²) < 4.78 is 2.01. The Labute approximate surface area is 147 Å². The van der Waals surface area contributed by atoms with Gasteiger partial charge in [0.15, 0.2) is 0 Å². The molecular weight excluding hydrogens is 318 g/mol. The third-order valence-electron chi connectivity index (χ3n) is 4.27. The van der Waals surface area contributed by atoms with E-state index in [1.807, 2.05) is 41.1 Å². The minimum atomic E-state index is -0.453. The number of benzene rings is 1. The van der Waals surface area contributed by atoms with Gasteiger partial charge in [-0.3, -0.25) is 4.79 Å². The van der Waals surface area contributed by atoms with E-state index in [1.54, 1.807) is 17.4 Å². The molecule has 0 unspecified atom stereocenters. The molecule has 0 aliphatic carbocycles. The molecule has 3 rings (SSSR count). The summed E-state index contributed by atoms with van der Waals surface area (Å²) in [6, 6.07) is 8.79. The van der Waals surface area contributed by atoms with E-state index in [0.29, 0.717) is 19.5 Å². The van der Waals surface area contributed by atoms with Crippen LogP contribution in [0.5, 0.6) is 0 Å². The van der Waals surface area contributed by atoms with E-state index in [-0.39, 0.29) is 11.9 Å². The lowest BCUT2D eigenvalue weighted by atomic mass is 10.2. The molecular formula is C18H23N5O2. The van der Waals surface area contributed by atoms with Crippen LogP contribution in [0.4, 0.5) is 10.5 Å². The molecule has 7 nitrogen and oxygen atoms in total. The summed E-state index contributed by atoms with van der Waals surface area (Å²) in [4.78, 5) is 30.1. The van der Waals surface area contributed by atoms with Crippen LogP contribution in [0, 0.1) is 0 Å². The Morgan fingerprint density at radius 1 is 1.24 bits per heavy atom. The third kappa shape index (κ3) is 4.59. The SMILES string of the molecule is O=C(NCCCCn1ccnc1)N[C@@H]1CCN(c2ccccc2)C1=O. The van der Waals surface area contributed by atoms with E-state index < -0.39 is 6.04 Å². The summed E-state index contributed by atoms with van der Waals surface area (Å²) in [5, 5.41) is 5.60. The molecule has 1 aliphatic heterocycles. The number of amides is 3. The number of hydrogen-bond acceptors (Lipinski definition) is 3. The fourth-order valence-corrected chi connectivity index (χ4v) is 2.93. The highest BCUT2D eigenvalue weighted by Crippen LogP contribution is 2.20. The average molecular weight is 341 g/mol. The zero-order valence-electron chi connectivity index (χ0n) is 14.1. The number of para-hydroxylation sites is 1. The molecule has 1 aromatic heterocycles. The van der Waals surface area contributed by atoms with Gasteiger partial charge in [0.1, 0.15) is 6.04 Å². The van der Waals surface area contributed by atoms with Crippen LogP contribution in [0.15, 0.2) is 49.1 Å². The molecule has 1 aliphatic rings. The highest BCUT2D eigenvalue weighted by atomic mass is 16.2. The Balaban J connectivity index is 1.36. The van der Waals surface area contributed by atoms with Crippen LogP contribution in [-0.2, 0) is 11.3 Å². The van der Waals surface area contributed by atoms with Crippen LogP contribution in [0.1, 0.15) is 19.3 Å². The molecule has 1 atom stereocenters. The average Bonchev–Trinajstić information content (AvgIpc) is 3.26. The minimum Gasteiger partial charge on any atom is -0.338 e. The number of carbonyl (C=O) groups is 2. The quantitative estimate of drug-likeness (QED) is 0.753. The van der Waals surface area contributed by atoms with Gasteiger partial charge in [-0.05, 0) is 31.4 Å². The summed E-state index contributed by atoms with van der Waals surface area (Å²) in [5.74, 6) is -0.0542. The molecule has 1 aromatic carbocycles. The normalized spacial score (nSPS) is 16.9. The molecule has 2 heterocycles. The van der Waals surface area contributed by atoms with Gasteiger partial charge in [0.25, 0.3) is 0 Å². The number of aryl methyl sites for hydroxylation is 1. The number of rotatable bonds is 7. The number of nitrogens with one attached hydrogen (secondary N) is 2. The number of hydrogen-bond donors (Lipinski definition) is 2. The predicted molar refractivity (Wildman–Crippen MR) is 95.2 cm³/mol. The number of aromatic nitrogens is 2. The number of urea groups is 1. The standard InChI is InChI=1S/C18H23N5O2/c24-17-16(8-12-23(17)15-6-2-1-3-7-15)21-18(25)20-9-4-5-11-22-13-10-19-14-22/h1-3,6-7,10,13-14,16H,4-5,8-9,11-12H2,(H2,20,21,25)/t16-/m1/s1. The second kappa shape index (κ2) is 8.32. The van der Waals surface area contributed by atoms with Crippen LogP contribution in [0.3, 0.4) is 0 Å². The van der Waals surface area contributed by atoms with Crippen molar-refractivity contribution in [3.05, 3.63) is 49.1 Å². The predicted octanol–water partition coefficient (Wildman–Crippen LogP) is 1.77.